The topological polar surface area (TPSA) is 79.6 Å². The first-order chi connectivity index (χ1) is 11.2. The van der Waals surface area contributed by atoms with Gasteiger partial charge in [-0.15, -0.1) is 0 Å². The van der Waals surface area contributed by atoms with E-state index >= 15 is 0 Å². The summed E-state index contributed by atoms with van der Waals surface area (Å²) in [7, 11) is 0. The number of carbonyl (C=O) groups is 2. The van der Waals surface area contributed by atoms with Crippen LogP contribution in [0.5, 0.6) is 0 Å². The standard InChI is InChI=1S/C17H20N2O4/c1-2-22-17(21)19-9-7-13(8-10-19)16(20)23-12-15-6-4-3-5-14(15)11-18/h3-6,13H,2,7-10,12H2,1H3. The number of likely N-dealkylation sites (tertiary alicyclic amines) is 1. The van der Waals surface area contributed by atoms with Crippen molar-refractivity contribution in [3.05, 3.63) is 35.4 Å². The van der Waals surface area contributed by atoms with Crippen LogP contribution in [0.2, 0.25) is 0 Å². The maximum atomic E-state index is 12.1. The minimum atomic E-state index is -0.331. The van der Waals surface area contributed by atoms with Crippen molar-refractivity contribution in [2.24, 2.45) is 5.92 Å². The third-order valence-electron chi connectivity index (χ3n) is 3.86. The molecule has 1 aliphatic heterocycles. The molecule has 6 heteroatoms. The molecule has 6 nitrogen and oxygen atoms in total. The number of nitriles is 1. The summed E-state index contributed by atoms with van der Waals surface area (Å²) in [5.74, 6) is -0.490. The van der Waals surface area contributed by atoms with Crippen LogP contribution in [-0.4, -0.2) is 36.7 Å². The largest absolute Gasteiger partial charge is 0.461 e. The molecule has 0 radical (unpaired) electrons. The number of esters is 1. The molecule has 1 aliphatic rings. The van der Waals surface area contributed by atoms with Crippen LogP contribution < -0.4 is 0 Å². The van der Waals surface area contributed by atoms with Gasteiger partial charge in [-0.05, 0) is 25.8 Å². The highest BCUT2D eigenvalue weighted by molar-refractivity contribution is 5.73. The first-order valence-corrected chi connectivity index (χ1v) is 7.72. The van der Waals surface area contributed by atoms with Gasteiger partial charge in [-0.3, -0.25) is 4.79 Å². The molecule has 1 saturated heterocycles. The van der Waals surface area contributed by atoms with Gasteiger partial charge in [0, 0.05) is 18.7 Å². The lowest BCUT2D eigenvalue weighted by molar-refractivity contribution is -0.151. The fraction of sp³-hybridized carbons (Fsp3) is 0.471. The van der Waals surface area contributed by atoms with Crippen LogP contribution >= 0.6 is 0 Å². The Morgan fingerprint density at radius 3 is 2.61 bits per heavy atom. The van der Waals surface area contributed by atoms with Crippen LogP contribution in [0, 0.1) is 17.2 Å². The van der Waals surface area contributed by atoms with E-state index in [1.165, 1.54) is 0 Å². The van der Waals surface area contributed by atoms with Crippen molar-refractivity contribution in [1.29, 1.82) is 5.26 Å². The number of ether oxygens (including phenoxy) is 2. The predicted octanol–water partition coefficient (Wildman–Crippen LogP) is 2.47. The van der Waals surface area contributed by atoms with Gasteiger partial charge in [0.25, 0.3) is 0 Å². The van der Waals surface area contributed by atoms with Gasteiger partial charge < -0.3 is 14.4 Å². The summed E-state index contributed by atoms with van der Waals surface area (Å²) < 4.78 is 10.3. The summed E-state index contributed by atoms with van der Waals surface area (Å²) in [5, 5.41) is 9.02. The van der Waals surface area contributed by atoms with E-state index in [-0.39, 0.29) is 24.6 Å². The first kappa shape index (κ1) is 16.8. The Kier molecular flexibility index (Phi) is 5.98. The van der Waals surface area contributed by atoms with Crippen molar-refractivity contribution in [3.63, 3.8) is 0 Å². The zero-order valence-corrected chi connectivity index (χ0v) is 13.2. The summed E-state index contributed by atoms with van der Waals surface area (Å²) in [4.78, 5) is 25.4. The molecule has 1 aromatic carbocycles. The molecule has 2 rings (SSSR count). The Morgan fingerprint density at radius 1 is 1.26 bits per heavy atom. The third-order valence-corrected chi connectivity index (χ3v) is 3.86. The number of rotatable bonds is 4. The quantitative estimate of drug-likeness (QED) is 0.797. The molecule has 0 aromatic heterocycles. The average molecular weight is 316 g/mol. The summed E-state index contributed by atoms with van der Waals surface area (Å²) in [5.41, 5.74) is 1.21. The lowest BCUT2D eigenvalue weighted by atomic mass is 9.97. The number of hydrogen-bond acceptors (Lipinski definition) is 5. The molecular formula is C17H20N2O4. The molecule has 1 fully saturated rings. The SMILES string of the molecule is CCOC(=O)N1CCC(C(=O)OCc2ccccc2C#N)CC1. The third kappa shape index (κ3) is 4.46. The molecule has 0 N–H and O–H groups in total. The zero-order chi connectivity index (χ0) is 16.7. The molecule has 0 bridgehead atoms. The van der Waals surface area contributed by atoms with Gasteiger partial charge in [-0.25, -0.2) is 4.79 Å². The van der Waals surface area contributed by atoms with Gasteiger partial charge in [0.15, 0.2) is 0 Å². The Morgan fingerprint density at radius 2 is 1.96 bits per heavy atom. The molecule has 0 spiro atoms. The Balaban J connectivity index is 1.82. The van der Waals surface area contributed by atoms with Crippen molar-refractivity contribution in [2.75, 3.05) is 19.7 Å². The molecule has 0 atom stereocenters. The van der Waals surface area contributed by atoms with E-state index in [4.69, 9.17) is 14.7 Å². The van der Waals surface area contributed by atoms with E-state index in [2.05, 4.69) is 6.07 Å². The number of nitrogens with zero attached hydrogens (tertiary/aromatic N) is 2. The van der Waals surface area contributed by atoms with Crippen molar-refractivity contribution in [3.8, 4) is 6.07 Å². The van der Waals surface area contributed by atoms with E-state index in [1.807, 2.05) is 6.07 Å². The van der Waals surface area contributed by atoms with Crippen LogP contribution in [0.25, 0.3) is 0 Å². The molecule has 1 aromatic rings. The highest BCUT2D eigenvalue weighted by Crippen LogP contribution is 2.20. The molecule has 0 unspecified atom stereocenters. The fourth-order valence-electron chi connectivity index (χ4n) is 2.53. The summed E-state index contributed by atoms with van der Waals surface area (Å²) in [6, 6.07) is 9.13. The second-order valence-electron chi connectivity index (χ2n) is 5.34. The van der Waals surface area contributed by atoms with E-state index in [1.54, 1.807) is 30.0 Å². The summed E-state index contributed by atoms with van der Waals surface area (Å²) >= 11 is 0. The maximum Gasteiger partial charge on any atom is 0.409 e. The van der Waals surface area contributed by atoms with Crippen LogP contribution in [0.3, 0.4) is 0 Å². The van der Waals surface area contributed by atoms with Crippen LogP contribution in [0.1, 0.15) is 30.9 Å². The molecule has 0 aliphatic carbocycles. The molecular weight excluding hydrogens is 296 g/mol. The lowest BCUT2D eigenvalue weighted by Crippen LogP contribution is -2.40. The molecule has 122 valence electrons. The number of benzene rings is 1. The van der Waals surface area contributed by atoms with Crippen LogP contribution in [0.4, 0.5) is 4.79 Å². The normalized spacial score (nSPS) is 14.9. The van der Waals surface area contributed by atoms with Crippen molar-refractivity contribution in [1.82, 2.24) is 4.90 Å². The monoisotopic (exact) mass is 316 g/mol. The highest BCUT2D eigenvalue weighted by atomic mass is 16.6. The van der Waals surface area contributed by atoms with Crippen molar-refractivity contribution in [2.45, 2.75) is 26.4 Å². The molecule has 1 amide bonds. The zero-order valence-electron chi connectivity index (χ0n) is 13.2. The summed E-state index contributed by atoms with van der Waals surface area (Å²) in [6.45, 7) is 3.20. The molecule has 23 heavy (non-hydrogen) atoms. The number of carbonyl (C=O) groups excluding carboxylic acids is 2. The average Bonchev–Trinajstić information content (AvgIpc) is 2.60. The second-order valence-corrected chi connectivity index (χ2v) is 5.34. The Labute approximate surface area is 135 Å². The lowest BCUT2D eigenvalue weighted by Gasteiger charge is -2.30. The second kappa shape index (κ2) is 8.18. The smallest absolute Gasteiger partial charge is 0.409 e. The van der Waals surface area contributed by atoms with Gasteiger partial charge in [0.05, 0.1) is 24.2 Å². The number of amides is 1. The fourth-order valence-corrected chi connectivity index (χ4v) is 2.53. The van der Waals surface area contributed by atoms with E-state index in [0.717, 1.165) is 0 Å². The van der Waals surface area contributed by atoms with Crippen molar-refractivity contribution >= 4 is 12.1 Å². The highest BCUT2D eigenvalue weighted by Gasteiger charge is 2.29. The van der Waals surface area contributed by atoms with Crippen LogP contribution in [0.15, 0.2) is 24.3 Å². The Bertz CT molecular complexity index is 601. The minimum Gasteiger partial charge on any atom is -0.461 e. The van der Waals surface area contributed by atoms with Crippen molar-refractivity contribution < 1.29 is 19.1 Å². The minimum absolute atomic E-state index is 0.0979. The first-order valence-electron chi connectivity index (χ1n) is 7.72. The number of hydrogen-bond donors (Lipinski definition) is 0. The maximum absolute atomic E-state index is 12.1. The summed E-state index contributed by atoms with van der Waals surface area (Å²) in [6.07, 6.45) is 0.803. The number of piperidine rings is 1. The van der Waals surface area contributed by atoms with Crippen LogP contribution in [-0.2, 0) is 20.9 Å². The Hall–Kier alpha value is -2.55. The van der Waals surface area contributed by atoms with Gasteiger partial charge in [0.2, 0.25) is 0 Å². The van der Waals surface area contributed by atoms with Gasteiger partial charge in [-0.1, -0.05) is 18.2 Å². The molecule has 0 saturated carbocycles. The van der Waals surface area contributed by atoms with E-state index < -0.39 is 0 Å². The van der Waals surface area contributed by atoms with Gasteiger partial charge >= 0.3 is 12.1 Å². The van der Waals surface area contributed by atoms with Gasteiger partial charge in [-0.2, -0.15) is 5.26 Å². The van der Waals surface area contributed by atoms with E-state index in [0.29, 0.717) is 43.7 Å². The van der Waals surface area contributed by atoms with Gasteiger partial charge in [0.1, 0.15) is 6.61 Å². The predicted molar refractivity (Wildman–Crippen MR) is 82.3 cm³/mol. The molecule has 1 heterocycles. The van der Waals surface area contributed by atoms with E-state index in [9.17, 15) is 9.59 Å².